The van der Waals surface area contributed by atoms with Crippen LogP contribution < -0.4 is 5.73 Å². The number of carbonyl (C=O) groups is 1. The van der Waals surface area contributed by atoms with Crippen LogP contribution in [0.3, 0.4) is 0 Å². The van der Waals surface area contributed by atoms with Crippen molar-refractivity contribution in [1.29, 1.82) is 0 Å². The van der Waals surface area contributed by atoms with Gasteiger partial charge < -0.3 is 20.3 Å². The highest BCUT2D eigenvalue weighted by atomic mass is 16.6. The third kappa shape index (κ3) is 5.73. The quantitative estimate of drug-likeness (QED) is 0.771. The van der Waals surface area contributed by atoms with Gasteiger partial charge >= 0.3 is 6.09 Å². The van der Waals surface area contributed by atoms with Crippen LogP contribution in [0, 0.1) is 11.8 Å². The van der Waals surface area contributed by atoms with Crippen molar-refractivity contribution >= 4 is 6.09 Å². The van der Waals surface area contributed by atoms with E-state index in [0.29, 0.717) is 13.2 Å². The van der Waals surface area contributed by atoms with Gasteiger partial charge in [-0.3, -0.25) is 0 Å². The van der Waals surface area contributed by atoms with Gasteiger partial charge in [-0.05, 0) is 19.4 Å². The van der Waals surface area contributed by atoms with E-state index in [2.05, 4.69) is 0 Å². The zero-order valence-corrected chi connectivity index (χ0v) is 12.9. The highest BCUT2D eigenvalue weighted by Crippen LogP contribution is 2.28. The normalized spacial score (nSPS) is 14.5. The first-order chi connectivity index (χ1) is 9.86. The van der Waals surface area contributed by atoms with E-state index in [-0.39, 0.29) is 18.4 Å². The van der Waals surface area contributed by atoms with Crippen molar-refractivity contribution in [3.05, 3.63) is 35.9 Å². The summed E-state index contributed by atoms with van der Waals surface area (Å²) < 4.78 is 10.8. The Labute approximate surface area is 126 Å². The first kappa shape index (κ1) is 17.5. The molecule has 0 aliphatic heterocycles. The van der Waals surface area contributed by atoms with Crippen molar-refractivity contribution in [2.45, 2.75) is 33.0 Å². The first-order valence-electron chi connectivity index (χ1n) is 7.07. The van der Waals surface area contributed by atoms with Gasteiger partial charge in [-0.2, -0.15) is 0 Å². The third-order valence-electron chi connectivity index (χ3n) is 3.85. The zero-order chi connectivity index (χ0) is 15.9. The van der Waals surface area contributed by atoms with Crippen molar-refractivity contribution in [3.8, 4) is 0 Å². The summed E-state index contributed by atoms with van der Waals surface area (Å²) in [5.41, 5.74) is 5.40. The third-order valence-corrected chi connectivity index (χ3v) is 3.85. The maximum Gasteiger partial charge on any atom is 0.405 e. The maximum atomic E-state index is 10.9. The molecule has 5 nitrogen and oxygen atoms in total. The highest BCUT2D eigenvalue weighted by Gasteiger charge is 2.35. The van der Waals surface area contributed by atoms with Crippen molar-refractivity contribution < 1.29 is 19.4 Å². The lowest BCUT2D eigenvalue weighted by atomic mass is 9.82. The van der Waals surface area contributed by atoms with Gasteiger partial charge in [-0.15, -0.1) is 0 Å². The molecule has 21 heavy (non-hydrogen) atoms. The molecule has 0 saturated carbocycles. The summed E-state index contributed by atoms with van der Waals surface area (Å²) in [4.78, 5) is 10.9. The van der Waals surface area contributed by atoms with Crippen molar-refractivity contribution in [3.63, 3.8) is 0 Å². The monoisotopic (exact) mass is 295 g/mol. The Kier molecular flexibility index (Phi) is 6.65. The fourth-order valence-electron chi connectivity index (χ4n) is 2.18. The predicted molar refractivity (Wildman–Crippen MR) is 80.6 cm³/mol. The van der Waals surface area contributed by atoms with Gasteiger partial charge in [0.05, 0.1) is 13.2 Å². The van der Waals surface area contributed by atoms with Crippen LogP contribution in [0.15, 0.2) is 30.3 Å². The number of ether oxygens (including phenoxy) is 2. The van der Waals surface area contributed by atoms with E-state index in [1.54, 1.807) is 13.8 Å². The van der Waals surface area contributed by atoms with Crippen LogP contribution in [0.4, 0.5) is 4.79 Å². The number of benzene rings is 1. The molecular formula is C16H25NO4. The molecule has 118 valence electrons. The Hall–Kier alpha value is -1.59. The van der Waals surface area contributed by atoms with E-state index < -0.39 is 11.7 Å². The Balaban J connectivity index is 2.52. The van der Waals surface area contributed by atoms with Gasteiger partial charge in [0.25, 0.3) is 0 Å². The molecule has 0 aliphatic carbocycles. The van der Waals surface area contributed by atoms with Crippen LogP contribution in [0.1, 0.15) is 26.3 Å². The molecule has 0 saturated heterocycles. The van der Waals surface area contributed by atoms with E-state index in [9.17, 15) is 9.90 Å². The second kappa shape index (κ2) is 8.00. The maximum absolute atomic E-state index is 10.9. The standard InChI is InChI=1S/C16H25NO4/c1-12(16(2,3)21-15(17)19)14(9-18)11-20-10-13-7-5-4-6-8-13/h4-8,12,14,18H,9-11H2,1-3H3,(H2,17,19). The summed E-state index contributed by atoms with van der Waals surface area (Å²) >= 11 is 0. The molecule has 0 heterocycles. The average molecular weight is 295 g/mol. The molecule has 3 N–H and O–H groups in total. The topological polar surface area (TPSA) is 81.8 Å². The Morgan fingerprint density at radius 2 is 1.95 bits per heavy atom. The highest BCUT2D eigenvalue weighted by molar-refractivity contribution is 5.65. The number of hydrogen-bond donors (Lipinski definition) is 2. The molecule has 5 heteroatoms. The Morgan fingerprint density at radius 1 is 1.33 bits per heavy atom. The number of aliphatic hydroxyl groups excluding tert-OH is 1. The summed E-state index contributed by atoms with van der Waals surface area (Å²) in [6, 6.07) is 9.82. The van der Waals surface area contributed by atoms with E-state index in [1.807, 2.05) is 37.3 Å². The summed E-state index contributed by atoms with van der Waals surface area (Å²) in [5, 5.41) is 9.54. The number of aliphatic hydroxyl groups is 1. The minimum absolute atomic E-state index is 0.0402. The molecule has 0 fully saturated rings. The Bertz CT molecular complexity index is 433. The molecule has 0 bridgehead atoms. The molecule has 1 rings (SSSR count). The fraction of sp³-hybridized carbons (Fsp3) is 0.562. The predicted octanol–water partition coefficient (Wildman–Crippen LogP) is 2.32. The van der Waals surface area contributed by atoms with Gasteiger partial charge in [0.2, 0.25) is 0 Å². The van der Waals surface area contributed by atoms with Crippen LogP contribution >= 0.6 is 0 Å². The van der Waals surface area contributed by atoms with E-state index in [4.69, 9.17) is 15.2 Å². The molecule has 1 amide bonds. The smallest absolute Gasteiger partial charge is 0.405 e. The van der Waals surface area contributed by atoms with Gasteiger partial charge in [-0.25, -0.2) is 4.79 Å². The van der Waals surface area contributed by atoms with Crippen molar-refractivity contribution in [1.82, 2.24) is 0 Å². The SMILES string of the molecule is CC(C(CO)COCc1ccccc1)C(C)(C)OC(N)=O. The second-order valence-corrected chi connectivity index (χ2v) is 5.76. The summed E-state index contributed by atoms with van der Waals surface area (Å²) in [7, 11) is 0. The molecule has 0 aliphatic rings. The van der Waals surface area contributed by atoms with E-state index in [1.165, 1.54) is 0 Å². The number of amides is 1. The average Bonchev–Trinajstić information content (AvgIpc) is 2.43. The second-order valence-electron chi connectivity index (χ2n) is 5.76. The van der Waals surface area contributed by atoms with Crippen LogP contribution in [0.5, 0.6) is 0 Å². The van der Waals surface area contributed by atoms with Crippen LogP contribution in [0.2, 0.25) is 0 Å². The van der Waals surface area contributed by atoms with Gasteiger partial charge in [-0.1, -0.05) is 37.3 Å². The van der Waals surface area contributed by atoms with Gasteiger partial charge in [0.15, 0.2) is 0 Å². The minimum atomic E-state index is -0.811. The first-order valence-corrected chi connectivity index (χ1v) is 7.07. The number of nitrogens with two attached hydrogens (primary N) is 1. The van der Waals surface area contributed by atoms with Crippen molar-refractivity contribution in [2.75, 3.05) is 13.2 Å². The lowest BCUT2D eigenvalue weighted by molar-refractivity contribution is -0.0501. The number of primary amides is 1. The molecule has 0 radical (unpaired) electrons. The zero-order valence-electron chi connectivity index (χ0n) is 12.9. The Morgan fingerprint density at radius 3 is 2.48 bits per heavy atom. The molecule has 1 aromatic carbocycles. The van der Waals surface area contributed by atoms with Crippen molar-refractivity contribution in [2.24, 2.45) is 17.6 Å². The molecular weight excluding hydrogens is 270 g/mol. The molecule has 2 atom stereocenters. The van der Waals surface area contributed by atoms with Crippen LogP contribution in [0.25, 0.3) is 0 Å². The number of hydrogen-bond acceptors (Lipinski definition) is 4. The molecule has 0 aromatic heterocycles. The number of carbonyl (C=O) groups excluding carboxylic acids is 1. The lowest BCUT2D eigenvalue weighted by Gasteiger charge is -2.35. The fourth-order valence-corrected chi connectivity index (χ4v) is 2.18. The summed E-state index contributed by atoms with van der Waals surface area (Å²) in [6.45, 7) is 6.31. The molecule has 1 aromatic rings. The number of rotatable bonds is 8. The van der Waals surface area contributed by atoms with Gasteiger partial charge in [0, 0.05) is 18.4 Å². The van der Waals surface area contributed by atoms with Crippen LogP contribution in [-0.4, -0.2) is 30.0 Å². The lowest BCUT2D eigenvalue weighted by Crippen LogP contribution is -2.42. The van der Waals surface area contributed by atoms with E-state index in [0.717, 1.165) is 5.56 Å². The van der Waals surface area contributed by atoms with Gasteiger partial charge in [0.1, 0.15) is 5.60 Å². The largest absolute Gasteiger partial charge is 0.443 e. The van der Waals surface area contributed by atoms with Crippen LogP contribution in [-0.2, 0) is 16.1 Å². The van der Waals surface area contributed by atoms with E-state index >= 15 is 0 Å². The summed E-state index contributed by atoms with van der Waals surface area (Å²) in [6.07, 6.45) is -0.811. The minimum Gasteiger partial charge on any atom is -0.443 e. The molecule has 0 spiro atoms. The summed E-state index contributed by atoms with van der Waals surface area (Å²) in [5.74, 6) is -0.228. The molecule has 2 unspecified atom stereocenters.